The summed E-state index contributed by atoms with van der Waals surface area (Å²) in [5, 5.41) is 7.13. The zero-order chi connectivity index (χ0) is 13.0. The Kier molecular flexibility index (Phi) is 4.79. The highest BCUT2D eigenvalue weighted by Crippen LogP contribution is 2.25. The van der Waals surface area contributed by atoms with Gasteiger partial charge in [0.15, 0.2) is 0 Å². The molecule has 1 aliphatic rings. The first-order valence-corrected chi connectivity index (χ1v) is 7.18. The van der Waals surface area contributed by atoms with Gasteiger partial charge >= 0.3 is 0 Å². The van der Waals surface area contributed by atoms with E-state index in [1.807, 2.05) is 0 Å². The Balaban J connectivity index is 2.07. The number of rotatable bonds is 4. The molecular weight excluding hydrogens is 220 g/mol. The highest BCUT2D eigenvalue weighted by atomic mass is 14.9. The fraction of sp³-hybridized carbons (Fsp3) is 0.625. The second-order valence-electron chi connectivity index (χ2n) is 5.58. The van der Waals surface area contributed by atoms with Gasteiger partial charge in [0.05, 0.1) is 0 Å². The molecule has 1 aromatic rings. The minimum absolute atomic E-state index is 0.473. The summed E-state index contributed by atoms with van der Waals surface area (Å²) in [6.45, 7) is 5.57. The number of hydrogen-bond donors (Lipinski definition) is 2. The highest BCUT2D eigenvalue weighted by Gasteiger charge is 2.19. The van der Waals surface area contributed by atoms with Crippen LogP contribution in [-0.4, -0.2) is 19.6 Å². The molecule has 2 unspecified atom stereocenters. The van der Waals surface area contributed by atoms with E-state index < -0.39 is 0 Å². The summed E-state index contributed by atoms with van der Waals surface area (Å²) in [6, 6.07) is 7.95. The first kappa shape index (κ1) is 13.6. The van der Waals surface area contributed by atoms with E-state index in [4.69, 9.17) is 0 Å². The summed E-state index contributed by atoms with van der Waals surface area (Å²) in [4.78, 5) is 0. The Morgan fingerprint density at radius 3 is 2.78 bits per heavy atom. The molecule has 0 amide bonds. The van der Waals surface area contributed by atoms with Gasteiger partial charge < -0.3 is 10.6 Å². The van der Waals surface area contributed by atoms with Crippen molar-refractivity contribution in [2.75, 3.05) is 13.6 Å². The lowest BCUT2D eigenvalue weighted by Crippen LogP contribution is -2.37. The fourth-order valence-electron chi connectivity index (χ4n) is 3.03. The summed E-state index contributed by atoms with van der Waals surface area (Å²) in [5.74, 6) is 0. The summed E-state index contributed by atoms with van der Waals surface area (Å²) in [6.07, 6.45) is 5.23. The molecule has 1 aliphatic heterocycles. The SMILES string of the molecule is CNC(CC1CCCCN1)c1ccc(C)cc1C. The van der Waals surface area contributed by atoms with E-state index in [1.54, 1.807) is 0 Å². The Hall–Kier alpha value is -0.860. The van der Waals surface area contributed by atoms with Crippen molar-refractivity contribution in [2.24, 2.45) is 0 Å². The van der Waals surface area contributed by atoms with Crippen LogP contribution in [0.15, 0.2) is 18.2 Å². The quantitative estimate of drug-likeness (QED) is 0.853. The lowest BCUT2D eigenvalue weighted by Gasteiger charge is -2.28. The zero-order valence-corrected chi connectivity index (χ0v) is 11.9. The van der Waals surface area contributed by atoms with Crippen molar-refractivity contribution in [2.45, 2.75) is 51.6 Å². The molecule has 1 fully saturated rings. The van der Waals surface area contributed by atoms with Gasteiger partial charge in [-0.15, -0.1) is 0 Å². The standard InChI is InChI=1S/C16H26N2/c1-12-7-8-15(13(2)10-12)16(17-3)11-14-6-4-5-9-18-14/h7-8,10,14,16-18H,4-6,9,11H2,1-3H3. The lowest BCUT2D eigenvalue weighted by atomic mass is 9.91. The third-order valence-corrected chi connectivity index (χ3v) is 4.08. The van der Waals surface area contributed by atoms with E-state index in [2.05, 4.69) is 49.7 Å². The van der Waals surface area contributed by atoms with Gasteiger partial charge in [-0.3, -0.25) is 0 Å². The molecule has 2 rings (SSSR count). The van der Waals surface area contributed by atoms with Crippen LogP contribution in [0.4, 0.5) is 0 Å². The Morgan fingerprint density at radius 2 is 2.17 bits per heavy atom. The van der Waals surface area contributed by atoms with Crippen molar-refractivity contribution in [1.82, 2.24) is 10.6 Å². The van der Waals surface area contributed by atoms with Gasteiger partial charge in [-0.2, -0.15) is 0 Å². The molecule has 100 valence electrons. The molecule has 1 saturated heterocycles. The number of piperidine rings is 1. The Bertz CT molecular complexity index is 381. The molecule has 18 heavy (non-hydrogen) atoms. The smallest absolute Gasteiger partial charge is 0.0335 e. The average Bonchev–Trinajstić information content (AvgIpc) is 2.38. The van der Waals surface area contributed by atoms with Crippen LogP contribution in [0, 0.1) is 13.8 Å². The molecule has 1 aromatic carbocycles. The van der Waals surface area contributed by atoms with Crippen LogP contribution in [-0.2, 0) is 0 Å². The minimum atomic E-state index is 0.473. The van der Waals surface area contributed by atoms with Crippen LogP contribution in [0.1, 0.15) is 48.4 Å². The lowest BCUT2D eigenvalue weighted by molar-refractivity contribution is 0.346. The molecule has 2 atom stereocenters. The topological polar surface area (TPSA) is 24.1 Å². The predicted molar refractivity (Wildman–Crippen MR) is 78.0 cm³/mol. The third-order valence-electron chi connectivity index (χ3n) is 4.08. The largest absolute Gasteiger partial charge is 0.314 e. The van der Waals surface area contributed by atoms with Crippen molar-refractivity contribution in [3.8, 4) is 0 Å². The molecule has 2 heteroatoms. The molecule has 0 spiro atoms. The van der Waals surface area contributed by atoms with E-state index in [0.717, 1.165) is 0 Å². The summed E-state index contributed by atoms with van der Waals surface area (Å²) < 4.78 is 0. The summed E-state index contributed by atoms with van der Waals surface area (Å²) in [5.41, 5.74) is 4.21. The third kappa shape index (κ3) is 3.33. The maximum absolute atomic E-state index is 3.64. The molecule has 0 radical (unpaired) electrons. The van der Waals surface area contributed by atoms with Crippen molar-refractivity contribution < 1.29 is 0 Å². The first-order chi connectivity index (χ1) is 8.70. The molecule has 0 aromatic heterocycles. The average molecular weight is 246 g/mol. The van der Waals surface area contributed by atoms with Crippen LogP contribution < -0.4 is 10.6 Å². The van der Waals surface area contributed by atoms with Gasteiger partial charge in [-0.25, -0.2) is 0 Å². The molecular formula is C16H26N2. The van der Waals surface area contributed by atoms with Crippen LogP contribution in [0.5, 0.6) is 0 Å². The first-order valence-electron chi connectivity index (χ1n) is 7.18. The van der Waals surface area contributed by atoms with Crippen LogP contribution >= 0.6 is 0 Å². The number of hydrogen-bond acceptors (Lipinski definition) is 2. The molecule has 0 saturated carbocycles. The van der Waals surface area contributed by atoms with Gasteiger partial charge in [-0.05, 0) is 57.8 Å². The summed E-state index contributed by atoms with van der Waals surface area (Å²) >= 11 is 0. The molecule has 1 heterocycles. The maximum atomic E-state index is 3.64. The monoisotopic (exact) mass is 246 g/mol. The van der Waals surface area contributed by atoms with Crippen LogP contribution in [0.25, 0.3) is 0 Å². The molecule has 0 aliphatic carbocycles. The van der Waals surface area contributed by atoms with Crippen molar-refractivity contribution in [1.29, 1.82) is 0 Å². The van der Waals surface area contributed by atoms with E-state index in [-0.39, 0.29) is 0 Å². The number of nitrogens with one attached hydrogen (secondary N) is 2. The fourth-order valence-corrected chi connectivity index (χ4v) is 3.03. The highest BCUT2D eigenvalue weighted by molar-refractivity contribution is 5.32. The Labute approximate surface area is 111 Å². The second kappa shape index (κ2) is 6.35. The van der Waals surface area contributed by atoms with Gasteiger partial charge in [0.2, 0.25) is 0 Å². The van der Waals surface area contributed by atoms with Gasteiger partial charge in [0.25, 0.3) is 0 Å². The van der Waals surface area contributed by atoms with Crippen molar-refractivity contribution >= 4 is 0 Å². The maximum Gasteiger partial charge on any atom is 0.0335 e. The van der Waals surface area contributed by atoms with Crippen LogP contribution in [0.3, 0.4) is 0 Å². The van der Waals surface area contributed by atoms with E-state index in [9.17, 15) is 0 Å². The van der Waals surface area contributed by atoms with Gasteiger partial charge in [0.1, 0.15) is 0 Å². The van der Waals surface area contributed by atoms with Crippen molar-refractivity contribution in [3.63, 3.8) is 0 Å². The Morgan fingerprint density at radius 1 is 1.33 bits per heavy atom. The van der Waals surface area contributed by atoms with Crippen LogP contribution in [0.2, 0.25) is 0 Å². The zero-order valence-electron chi connectivity index (χ0n) is 11.9. The number of aryl methyl sites for hydroxylation is 2. The van der Waals surface area contributed by atoms with E-state index in [0.29, 0.717) is 12.1 Å². The van der Waals surface area contributed by atoms with Gasteiger partial charge in [-0.1, -0.05) is 30.2 Å². The second-order valence-corrected chi connectivity index (χ2v) is 5.58. The molecule has 0 bridgehead atoms. The normalized spacial score (nSPS) is 21.8. The van der Waals surface area contributed by atoms with E-state index in [1.165, 1.54) is 48.9 Å². The summed E-state index contributed by atoms with van der Waals surface area (Å²) in [7, 11) is 2.08. The number of benzene rings is 1. The molecule has 2 nitrogen and oxygen atoms in total. The molecule has 2 N–H and O–H groups in total. The predicted octanol–water partition coefficient (Wildman–Crippen LogP) is 3.10. The van der Waals surface area contributed by atoms with Crippen molar-refractivity contribution in [3.05, 3.63) is 34.9 Å². The van der Waals surface area contributed by atoms with Gasteiger partial charge in [0, 0.05) is 12.1 Å². The van der Waals surface area contributed by atoms with E-state index >= 15 is 0 Å². The minimum Gasteiger partial charge on any atom is -0.314 e.